The molecule has 1 amide bonds. The minimum Gasteiger partial charge on any atom is -0.439 e. The van der Waals surface area contributed by atoms with Crippen molar-refractivity contribution in [3.63, 3.8) is 0 Å². The molecule has 11 heteroatoms. The molecule has 36 heavy (non-hydrogen) atoms. The lowest BCUT2D eigenvalue weighted by molar-refractivity contribution is -0.129. The number of aromatic nitrogens is 2. The van der Waals surface area contributed by atoms with Crippen LogP contribution in [0.2, 0.25) is 5.02 Å². The highest BCUT2D eigenvalue weighted by Gasteiger charge is 2.32. The van der Waals surface area contributed by atoms with E-state index in [2.05, 4.69) is 25.8 Å². The number of carbonyl (C=O) groups is 1. The molecule has 0 bridgehead atoms. The predicted octanol–water partition coefficient (Wildman–Crippen LogP) is 4.95. The number of rotatable bonds is 7. The zero-order valence-electron chi connectivity index (χ0n) is 18.8. The van der Waals surface area contributed by atoms with Crippen LogP contribution in [-0.4, -0.2) is 39.5 Å². The van der Waals surface area contributed by atoms with E-state index in [1.165, 1.54) is 18.4 Å². The van der Waals surface area contributed by atoms with Crippen LogP contribution in [0.1, 0.15) is 5.56 Å². The molecule has 1 atom stereocenters. The summed E-state index contributed by atoms with van der Waals surface area (Å²) in [7, 11) is 0. The molecule has 2 aromatic carbocycles. The first kappa shape index (κ1) is 23.3. The average Bonchev–Trinajstić information content (AvgIpc) is 3.40. The third kappa shape index (κ3) is 5.61. The summed E-state index contributed by atoms with van der Waals surface area (Å²) in [5.74, 6) is 1.05. The van der Waals surface area contributed by atoms with Crippen LogP contribution in [0.15, 0.2) is 88.7 Å². The van der Waals surface area contributed by atoms with E-state index in [9.17, 15) is 9.18 Å². The van der Waals surface area contributed by atoms with Crippen molar-refractivity contribution in [2.75, 3.05) is 17.2 Å². The predicted molar refractivity (Wildman–Crippen MR) is 133 cm³/mol. The molecule has 1 aliphatic heterocycles. The summed E-state index contributed by atoms with van der Waals surface area (Å²) in [5, 5.41) is 10.7. The largest absolute Gasteiger partial charge is 0.439 e. The number of anilines is 2. The smallest absolute Gasteiger partial charge is 0.254 e. The second-order valence-electron chi connectivity index (χ2n) is 7.86. The fourth-order valence-electron chi connectivity index (χ4n) is 3.52. The number of nitrogens with zero attached hydrogens (tertiary/aromatic N) is 4. The number of pyridine rings is 1. The standard InChI is InChI=1S/C25H20ClFN6O3/c26-17-3-1-16(2-4-17)15-33-24(34)21(31-22-11-12-35-32-22)14-29-25(33)30-19-6-8-20(9-7-19)36-23-10-5-18(27)13-28-23/h1-13,21H,14-15H2,(H,29,30)(H,31,32). The summed E-state index contributed by atoms with van der Waals surface area (Å²) < 4.78 is 23.5. The summed E-state index contributed by atoms with van der Waals surface area (Å²) >= 11 is 6.02. The molecule has 4 aromatic rings. The Balaban J connectivity index is 1.33. The molecule has 0 fully saturated rings. The van der Waals surface area contributed by atoms with Crippen LogP contribution >= 0.6 is 11.6 Å². The monoisotopic (exact) mass is 506 g/mol. The SMILES string of the molecule is O=C1C(Nc2ccon2)CN=C(Nc2ccc(Oc3ccc(F)cn3)cc2)N1Cc1ccc(Cl)cc1. The Bertz CT molecular complexity index is 1350. The molecule has 0 radical (unpaired) electrons. The Morgan fingerprint density at radius 1 is 1.08 bits per heavy atom. The molecular formula is C25H20ClFN6O3. The molecular weight excluding hydrogens is 487 g/mol. The third-order valence-corrected chi connectivity index (χ3v) is 5.54. The second-order valence-corrected chi connectivity index (χ2v) is 8.30. The highest BCUT2D eigenvalue weighted by atomic mass is 35.5. The van der Waals surface area contributed by atoms with Crippen molar-refractivity contribution >= 4 is 35.0 Å². The summed E-state index contributed by atoms with van der Waals surface area (Å²) in [6.45, 7) is 0.499. The molecule has 0 spiro atoms. The summed E-state index contributed by atoms with van der Waals surface area (Å²) in [4.78, 5) is 23.5. The van der Waals surface area contributed by atoms with E-state index in [4.69, 9.17) is 20.9 Å². The zero-order chi connectivity index (χ0) is 24.9. The lowest BCUT2D eigenvalue weighted by Gasteiger charge is -2.32. The number of amides is 1. The molecule has 0 aliphatic carbocycles. The first-order valence-corrected chi connectivity index (χ1v) is 11.3. The Kier molecular flexibility index (Phi) is 6.76. The fraction of sp³-hybridized carbons (Fsp3) is 0.120. The quantitative estimate of drug-likeness (QED) is 0.365. The van der Waals surface area contributed by atoms with Gasteiger partial charge in [0.25, 0.3) is 5.91 Å². The van der Waals surface area contributed by atoms with Crippen molar-refractivity contribution in [1.29, 1.82) is 0 Å². The van der Waals surface area contributed by atoms with E-state index >= 15 is 0 Å². The van der Waals surface area contributed by atoms with Crippen LogP contribution in [0, 0.1) is 5.82 Å². The van der Waals surface area contributed by atoms with Gasteiger partial charge in [-0.15, -0.1) is 0 Å². The van der Waals surface area contributed by atoms with Gasteiger partial charge in [0.1, 0.15) is 23.9 Å². The van der Waals surface area contributed by atoms with Crippen LogP contribution in [-0.2, 0) is 11.3 Å². The maximum Gasteiger partial charge on any atom is 0.254 e. The van der Waals surface area contributed by atoms with E-state index in [-0.39, 0.29) is 24.9 Å². The second kappa shape index (κ2) is 10.4. The number of ether oxygens (including phenoxy) is 1. The highest BCUT2D eigenvalue weighted by Crippen LogP contribution is 2.23. The van der Waals surface area contributed by atoms with Crippen LogP contribution in [0.5, 0.6) is 11.6 Å². The van der Waals surface area contributed by atoms with E-state index in [0.717, 1.165) is 11.8 Å². The maximum absolute atomic E-state index is 13.4. The average molecular weight is 507 g/mol. The molecule has 2 N–H and O–H groups in total. The number of carbonyl (C=O) groups excluding carboxylic acids is 1. The van der Waals surface area contributed by atoms with Gasteiger partial charge in [0.05, 0.1) is 19.3 Å². The number of guanidine groups is 1. The van der Waals surface area contributed by atoms with Crippen LogP contribution in [0.3, 0.4) is 0 Å². The number of halogens is 2. The molecule has 0 saturated heterocycles. The number of nitrogens with one attached hydrogen (secondary N) is 2. The van der Waals surface area contributed by atoms with Gasteiger partial charge in [0.2, 0.25) is 11.8 Å². The number of aliphatic imine (C=N–C) groups is 1. The maximum atomic E-state index is 13.4. The summed E-state index contributed by atoms with van der Waals surface area (Å²) in [6.07, 6.45) is 2.51. The Morgan fingerprint density at radius 3 is 2.58 bits per heavy atom. The Labute approximate surface area is 210 Å². The minimum atomic E-state index is -0.605. The number of hydrogen-bond acceptors (Lipinski definition) is 8. The van der Waals surface area contributed by atoms with Crippen molar-refractivity contribution in [2.45, 2.75) is 12.6 Å². The van der Waals surface area contributed by atoms with Crippen molar-refractivity contribution in [3.8, 4) is 11.6 Å². The molecule has 9 nitrogen and oxygen atoms in total. The van der Waals surface area contributed by atoms with Crippen molar-refractivity contribution in [2.24, 2.45) is 4.99 Å². The van der Waals surface area contributed by atoms with Crippen LogP contribution in [0.4, 0.5) is 15.9 Å². The highest BCUT2D eigenvalue weighted by molar-refractivity contribution is 6.30. The Morgan fingerprint density at radius 2 is 1.89 bits per heavy atom. The molecule has 5 rings (SSSR count). The molecule has 182 valence electrons. The lowest BCUT2D eigenvalue weighted by Crippen LogP contribution is -2.53. The van der Waals surface area contributed by atoms with Crippen molar-refractivity contribution < 1.29 is 18.4 Å². The lowest BCUT2D eigenvalue weighted by atomic mass is 10.1. The normalized spacial score (nSPS) is 15.4. The Hall–Kier alpha value is -4.44. The summed E-state index contributed by atoms with van der Waals surface area (Å²) in [5.41, 5.74) is 1.59. The van der Waals surface area contributed by atoms with E-state index < -0.39 is 11.9 Å². The molecule has 1 aliphatic rings. The third-order valence-electron chi connectivity index (χ3n) is 5.29. The van der Waals surface area contributed by atoms with Crippen LogP contribution in [0.25, 0.3) is 0 Å². The minimum absolute atomic E-state index is 0.173. The molecule has 1 unspecified atom stereocenters. The van der Waals surface area contributed by atoms with E-state index in [0.29, 0.717) is 28.2 Å². The fourth-order valence-corrected chi connectivity index (χ4v) is 3.64. The topological polar surface area (TPSA) is 105 Å². The van der Waals surface area contributed by atoms with Gasteiger partial charge in [-0.2, -0.15) is 0 Å². The first-order valence-electron chi connectivity index (χ1n) is 11.0. The molecule has 0 saturated carbocycles. The van der Waals surface area contributed by atoms with Crippen molar-refractivity contribution in [3.05, 3.63) is 95.6 Å². The zero-order valence-corrected chi connectivity index (χ0v) is 19.5. The van der Waals surface area contributed by atoms with E-state index in [1.807, 2.05) is 12.1 Å². The van der Waals surface area contributed by atoms with Gasteiger partial charge < -0.3 is 19.9 Å². The van der Waals surface area contributed by atoms with Gasteiger partial charge in [-0.05, 0) is 48.0 Å². The van der Waals surface area contributed by atoms with Gasteiger partial charge in [-0.3, -0.25) is 9.69 Å². The van der Waals surface area contributed by atoms with Gasteiger partial charge in [-0.1, -0.05) is 28.9 Å². The van der Waals surface area contributed by atoms with Crippen LogP contribution < -0.4 is 15.4 Å². The molecule has 2 aromatic heterocycles. The van der Waals surface area contributed by atoms with Gasteiger partial charge in [0, 0.05) is 22.8 Å². The number of benzene rings is 2. The summed E-state index contributed by atoms with van der Waals surface area (Å²) in [6, 6.07) is 18.1. The van der Waals surface area contributed by atoms with Gasteiger partial charge >= 0.3 is 0 Å². The first-order chi connectivity index (χ1) is 17.5. The van der Waals surface area contributed by atoms with Gasteiger partial charge in [0.15, 0.2) is 5.82 Å². The van der Waals surface area contributed by atoms with Crippen molar-refractivity contribution in [1.82, 2.24) is 15.0 Å². The molecule has 3 heterocycles. The number of hydrogen-bond donors (Lipinski definition) is 2. The van der Waals surface area contributed by atoms with Gasteiger partial charge in [-0.25, -0.2) is 14.4 Å². The van der Waals surface area contributed by atoms with E-state index in [1.54, 1.807) is 47.4 Å².